The highest BCUT2D eigenvalue weighted by atomic mass is 16.3. The van der Waals surface area contributed by atoms with Gasteiger partial charge in [0.15, 0.2) is 0 Å². The highest BCUT2D eigenvalue weighted by molar-refractivity contribution is 5.21. The van der Waals surface area contributed by atoms with Crippen molar-refractivity contribution in [2.24, 2.45) is 22.7 Å². The third-order valence-electron chi connectivity index (χ3n) is 7.16. The van der Waals surface area contributed by atoms with Gasteiger partial charge in [-0.15, -0.1) is 0 Å². The normalized spacial score (nSPS) is 39.4. The molecule has 0 aromatic carbocycles. The van der Waals surface area contributed by atoms with E-state index in [1.807, 2.05) is 0 Å². The Labute approximate surface area is 136 Å². The van der Waals surface area contributed by atoms with Crippen LogP contribution in [0.3, 0.4) is 0 Å². The molecule has 126 valence electrons. The fourth-order valence-corrected chi connectivity index (χ4v) is 5.14. The van der Waals surface area contributed by atoms with Crippen LogP contribution in [0.15, 0.2) is 23.3 Å². The van der Waals surface area contributed by atoms with Crippen molar-refractivity contribution >= 4 is 0 Å². The number of rotatable bonds is 5. The second-order valence-electron chi connectivity index (χ2n) is 8.08. The molecule has 0 aromatic heterocycles. The average molecular weight is 306 g/mol. The topological polar surface area (TPSA) is 40.5 Å². The Morgan fingerprint density at radius 2 is 2.05 bits per heavy atom. The molecule has 2 heteroatoms. The second-order valence-corrected chi connectivity index (χ2v) is 8.08. The summed E-state index contributed by atoms with van der Waals surface area (Å²) in [5.74, 6) is 1.47. The summed E-state index contributed by atoms with van der Waals surface area (Å²) in [5, 5.41) is 18.6. The van der Waals surface area contributed by atoms with E-state index in [9.17, 15) is 5.11 Å². The summed E-state index contributed by atoms with van der Waals surface area (Å²) in [5.41, 5.74) is 3.27. The highest BCUT2D eigenvalue weighted by Gasteiger charge is 2.52. The number of aliphatic hydroxyl groups is 2. The Bertz CT molecular complexity index is 451. The molecule has 0 spiro atoms. The van der Waals surface area contributed by atoms with Crippen molar-refractivity contribution in [3.63, 3.8) is 0 Å². The van der Waals surface area contributed by atoms with Crippen molar-refractivity contribution in [1.29, 1.82) is 0 Å². The van der Waals surface area contributed by atoms with Crippen LogP contribution < -0.4 is 0 Å². The van der Waals surface area contributed by atoms with Crippen molar-refractivity contribution in [3.05, 3.63) is 23.3 Å². The van der Waals surface area contributed by atoms with Crippen molar-refractivity contribution in [2.75, 3.05) is 13.2 Å². The maximum Gasteiger partial charge on any atom is 0.0642 e. The van der Waals surface area contributed by atoms with Crippen LogP contribution in [-0.4, -0.2) is 23.4 Å². The lowest BCUT2D eigenvalue weighted by Gasteiger charge is -2.58. The van der Waals surface area contributed by atoms with Gasteiger partial charge in [0.2, 0.25) is 0 Å². The number of hydrogen-bond donors (Lipinski definition) is 2. The zero-order valence-electron chi connectivity index (χ0n) is 14.9. The van der Waals surface area contributed by atoms with Gasteiger partial charge in [0.1, 0.15) is 0 Å². The van der Waals surface area contributed by atoms with E-state index in [2.05, 4.69) is 33.8 Å². The van der Waals surface area contributed by atoms with Crippen LogP contribution in [0.2, 0.25) is 0 Å². The molecule has 0 unspecified atom stereocenters. The summed E-state index contributed by atoms with van der Waals surface area (Å²) in [6, 6.07) is 0. The molecule has 2 nitrogen and oxygen atoms in total. The van der Waals surface area contributed by atoms with Crippen LogP contribution in [0.5, 0.6) is 0 Å². The van der Waals surface area contributed by atoms with Crippen LogP contribution in [-0.2, 0) is 0 Å². The molecule has 0 saturated heterocycles. The predicted octanol–water partition coefficient (Wildman–Crippen LogP) is 4.48. The Morgan fingerprint density at radius 3 is 2.68 bits per heavy atom. The third-order valence-corrected chi connectivity index (χ3v) is 7.16. The van der Waals surface area contributed by atoms with E-state index < -0.39 is 0 Å². The summed E-state index contributed by atoms with van der Waals surface area (Å²) in [6.07, 6.45) is 11.4. The third kappa shape index (κ3) is 3.05. The first-order valence-electron chi connectivity index (χ1n) is 8.95. The maximum absolute atomic E-state index is 9.47. The molecule has 4 atom stereocenters. The predicted molar refractivity (Wildman–Crippen MR) is 92.6 cm³/mol. The highest BCUT2D eigenvalue weighted by Crippen LogP contribution is 2.61. The molecular formula is C20H34O2. The molecule has 2 rings (SSSR count). The molecule has 0 heterocycles. The van der Waals surface area contributed by atoms with Gasteiger partial charge in [-0.25, -0.2) is 0 Å². The first-order valence-corrected chi connectivity index (χ1v) is 8.95. The van der Waals surface area contributed by atoms with E-state index in [4.69, 9.17) is 5.11 Å². The molecule has 0 aliphatic heterocycles. The van der Waals surface area contributed by atoms with Crippen LogP contribution in [0.1, 0.15) is 66.2 Å². The molecular weight excluding hydrogens is 272 g/mol. The van der Waals surface area contributed by atoms with E-state index in [-0.39, 0.29) is 13.2 Å². The lowest BCUT2D eigenvalue weighted by Crippen LogP contribution is -2.49. The monoisotopic (exact) mass is 306 g/mol. The van der Waals surface area contributed by atoms with Gasteiger partial charge >= 0.3 is 0 Å². The van der Waals surface area contributed by atoms with Crippen molar-refractivity contribution in [3.8, 4) is 0 Å². The molecule has 2 N–H and O–H groups in total. The molecule has 22 heavy (non-hydrogen) atoms. The Balaban J connectivity index is 2.22. The molecule has 1 saturated carbocycles. The Kier molecular flexibility index (Phi) is 5.55. The average Bonchev–Trinajstić information content (AvgIpc) is 2.50. The largest absolute Gasteiger partial charge is 0.392 e. The van der Waals surface area contributed by atoms with E-state index >= 15 is 0 Å². The first-order chi connectivity index (χ1) is 10.4. The van der Waals surface area contributed by atoms with Gasteiger partial charge < -0.3 is 10.2 Å². The molecule has 0 bridgehead atoms. The second kappa shape index (κ2) is 6.88. The SMILES string of the molecule is CC1=CCC[C@@H]2[C@@](C)(CC/C(=C\CO)CO)[C@H](C)CC[C@@]12C. The van der Waals surface area contributed by atoms with Crippen molar-refractivity contribution in [1.82, 2.24) is 0 Å². The van der Waals surface area contributed by atoms with Gasteiger partial charge in [-0.2, -0.15) is 0 Å². The van der Waals surface area contributed by atoms with Gasteiger partial charge in [-0.3, -0.25) is 0 Å². The number of allylic oxidation sites excluding steroid dienone is 2. The van der Waals surface area contributed by atoms with Gasteiger partial charge in [0.25, 0.3) is 0 Å². The zero-order chi connectivity index (χ0) is 16.4. The van der Waals surface area contributed by atoms with E-state index in [1.54, 1.807) is 11.6 Å². The quantitative estimate of drug-likeness (QED) is 0.735. The summed E-state index contributed by atoms with van der Waals surface area (Å²) in [7, 11) is 0. The summed E-state index contributed by atoms with van der Waals surface area (Å²) in [6.45, 7) is 9.81. The first kappa shape index (κ1) is 17.7. The van der Waals surface area contributed by atoms with Crippen LogP contribution in [0, 0.1) is 22.7 Å². The molecule has 0 amide bonds. The van der Waals surface area contributed by atoms with E-state index in [0.29, 0.717) is 10.8 Å². The minimum Gasteiger partial charge on any atom is -0.392 e. The molecule has 1 fully saturated rings. The van der Waals surface area contributed by atoms with Crippen molar-refractivity contribution in [2.45, 2.75) is 66.2 Å². The lowest BCUT2D eigenvalue weighted by atomic mass is 9.47. The number of fused-ring (bicyclic) bond motifs is 1. The Morgan fingerprint density at radius 1 is 1.32 bits per heavy atom. The van der Waals surface area contributed by atoms with E-state index in [1.165, 1.54) is 25.7 Å². The minimum absolute atomic E-state index is 0.0329. The fraction of sp³-hybridized carbons (Fsp3) is 0.800. The minimum atomic E-state index is 0.0329. The molecule has 2 aliphatic carbocycles. The van der Waals surface area contributed by atoms with Crippen molar-refractivity contribution < 1.29 is 10.2 Å². The summed E-state index contributed by atoms with van der Waals surface area (Å²) < 4.78 is 0. The van der Waals surface area contributed by atoms with Crippen LogP contribution >= 0.6 is 0 Å². The van der Waals surface area contributed by atoms with Gasteiger partial charge in [0, 0.05) is 0 Å². The maximum atomic E-state index is 9.47. The number of aliphatic hydroxyl groups excluding tert-OH is 2. The van der Waals surface area contributed by atoms with E-state index in [0.717, 1.165) is 30.3 Å². The van der Waals surface area contributed by atoms with Crippen LogP contribution in [0.25, 0.3) is 0 Å². The van der Waals surface area contributed by atoms with Gasteiger partial charge in [-0.1, -0.05) is 38.5 Å². The zero-order valence-corrected chi connectivity index (χ0v) is 14.9. The van der Waals surface area contributed by atoms with Gasteiger partial charge in [0.05, 0.1) is 13.2 Å². The Hall–Kier alpha value is -0.600. The summed E-state index contributed by atoms with van der Waals surface area (Å²) in [4.78, 5) is 0. The van der Waals surface area contributed by atoms with Crippen LogP contribution in [0.4, 0.5) is 0 Å². The number of hydrogen-bond acceptors (Lipinski definition) is 2. The smallest absolute Gasteiger partial charge is 0.0642 e. The summed E-state index contributed by atoms with van der Waals surface area (Å²) >= 11 is 0. The fourth-order valence-electron chi connectivity index (χ4n) is 5.14. The standard InChI is InChI=1S/C20H34O2/c1-15-6-5-7-18-19(15,3)11-8-16(2)20(18,4)12-9-17(14-22)10-13-21/h6,10,16,18,21-22H,5,7-9,11-14H2,1-4H3/b17-10+/t16-,18+,19+,20+/m1/s1. The molecule has 0 radical (unpaired) electrons. The molecule has 2 aliphatic rings. The lowest BCUT2D eigenvalue weighted by molar-refractivity contribution is -0.0469. The molecule has 0 aromatic rings. The van der Waals surface area contributed by atoms with Gasteiger partial charge in [-0.05, 0) is 73.7 Å².